The number of hydrogen-bond acceptors (Lipinski definition) is 3. The summed E-state index contributed by atoms with van der Waals surface area (Å²) in [6.07, 6.45) is 0. The Balaban J connectivity index is 1.46. The van der Waals surface area contributed by atoms with Crippen LogP contribution in [-0.2, 0) is 16.2 Å². The third kappa shape index (κ3) is 7.57. The highest BCUT2D eigenvalue weighted by atomic mass is 15.0. The number of rotatable bonds is 6. The van der Waals surface area contributed by atoms with E-state index in [-0.39, 0.29) is 16.2 Å². The smallest absolute Gasteiger partial charge is 0.164 e. The lowest BCUT2D eigenvalue weighted by molar-refractivity contribution is 0.572. The molecule has 0 saturated heterocycles. The second-order valence-corrected chi connectivity index (χ2v) is 19.4. The minimum absolute atomic E-state index is 0.0229. The van der Waals surface area contributed by atoms with E-state index in [1.807, 2.05) is 36.4 Å². The fourth-order valence-electron chi connectivity index (χ4n) is 8.47. The number of benzene rings is 7. The van der Waals surface area contributed by atoms with Crippen LogP contribution in [0.2, 0.25) is 0 Å². The predicted molar refractivity (Wildman–Crippen MR) is 257 cm³/mol. The van der Waals surface area contributed by atoms with Crippen LogP contribution < -0.4 is 0 Å². The van der Waals surface area contributed by atoms with Gasteiger partial charge < -0.3 is 4.57 Å². The first-order valence-electron chi connectivity index (χ1n) is 21.5. The van der Waals surface area contributed by atoms with Crippen LogP contribution in [-0.4, -0.2) is 19.5 Å². The van der Waals surface area contributed by atoms with E-state index < -0.39 is 0 Å². The van der Waals surface area contributed by atoms with Gasteiger partial charge in [-0.15, -0.1) is 0 Å². The van der Waals surface area contributed by atoms with Gasteiger partial charge in [0.25, 0.3) is 0 Å². The van der Waals surface area contributed by atoms with Crippen molar-refractivity contribution in [1.82, 2.24) is 19.5 Å². The Morgan fingerprint density at radius 1 is 0.361 bits per heavy atom. The normalized spacial score (nSPS) is 12.3. The highest BCUT2D eigenvalue weighted by Gasteiger charge is 2.30. The lowest BCUT2D eigenvalue weighted by atomic mass is 9.79. The lowest BCUT2D eigenvalue weighted by Gasteiger charge is -2.28. The van der Waals surface area contributed by atoms with Crippen molar-refractivity contribution in [1.29, 1.82) is 0 Å². The highest BCUT2D eigenvalue weighted by molar-refractivity contribution is 6.12. The summed E-state index contributed by atoms with van der Waals surface area (Å²) in [5.41, 5.74) is 14.5. The SMILES string of the molecule is CC(C)(C)c1ccc2c(c1)c1cc(C(C)(C)C)cc(C(C)(C)C)c1n2-c1c(-c2ccccc2)cc(-c2nc(-c3ccccc3)nc(-c3ccccc3)n2)cc1-c1ccccc1. The number of fused-ring (bicyclic) bond motifs is 3. The van der Waals surface area contributed by atoms with E-state index in [9.17, 15) is 0 Å². The Morgan fingerprint density at radius 2 is 0.770 bits per heavy atom. The van der Waals surface area contributed by atoms with Crippen molar-refractivity contribution in [2.24, 2.45) is 0 Å². The Hall–Kier alpha value is -6.65. The van der Waals surface area contributed by atoms with E-state index in [1.54, 1.807) is 0 Å². The van der Waals surface area contributed by atoms with E-state index in [0.717, 1.165) is 44.6 Å². The van der Waals surface area contributed by atoms with Gasteiger partial charge >= 0.3 is 0 Å². The second kappa shape index (κ2) is 15.1. The molecule has 2 heterocycles. The number of hydrogen-bond donors (Lipinski definition) is 0. The van der Waals surface area contributed by atoms with E-state index in [4.69, 9.17) is 15.0 Å². The number of nitrogens with zero attached hydrogens (tertiary/aromatic N) is 4. The molecule has 0 radical (unpaired) electrons. The van der Waals surface area contributed by atoms with Gasteiger partial charge in [0.15, 0.2) is 17.5 Å². The Morgan fingerprint density at radius 3 is 1.20 bits per heavy atom. The van der Waals surface area contributed by atoms with Crippen LogP contribution >= 0.6 is 0 Å². The molecule has 302 valence electrons. The molecule has 0 aliphatic carbocycles. The first-order chi connectivity index (χ1) is 29.1. The number of aromatic nitrogens is 4. The molecule has 0 spiro atoms. The molecular weight excluding hydrogens is 741 g/mol. The fourth-order valence-corrected chi connectivity index (χ4v) is 8.47. The Bertz CT molecular complexity index is 2910. The van der Waals surface area contributed by atoms with Crippen LogP contribution in [0.5, 0.6) is 0 Å². The molecule has 0 aliphatic rings. The van der Waals surface area contributed by atoms with Crippen molar-refractivity contribution >= 4 is 21.8 Å². The predicted octanol–water partition coefficient (Wildman–Crippen LogP) is 15.2. The fraction of sp³-hybridized carbons (Fsp3) is 0.211. The highest BCUT2D eigenvalue weighted by Crippen LogP contribution is 2.47. The maximum absolute atomic E-state index is 5.24. The van der Waals surface area contributed by atoms with Crippen LogP contribution in [0.3, 0.4) is 0 Å². The van der Waals surface area contributed by atoms with Crippen molar-refractivity contribution in [2.45, 2.75) is 78.6 Å². The van der Waals surface area contributed by atoms with Crippen molar-refractivity contribution in [3.63, 3.8) is 0 Å². The molecule has 0 saturated carbocycles. The van der Waals surface area contributed by atoms with Gasteiger partial charge in [-0.1, -0.05) is 196 Å². The van der Waals surface area contributed by atoms with Crippen LogP contribution in [0.4, 0.5) is 0 Å². The average molecular weight is 795 g/mol. The van der Waals surface area contributed by atoms with Crippen LogP contribution in [0.1, 0.15) is 79.0 Å². The molecule has 9 aromatic rings. The standard InChI is InChI=1S/C57H54N4/c1-55(2,3)42-30-31-49-46(34-42)47-35-43(56(4,5)6)36-48(57(7,8)9)51(47)61(49)50-44(37-22-14-10-15-23-37)32-41(33-45(50)38-24-16-11-17-25-38)54-59-52(39-26-18-12-19-27-39)58-53(60-54)40-28-20-13-21-29-40/h10-36H,1-9H3. The molecule has 9 rings (SSSR count). The molecule has 0 N–H and O–H groups in total. The molecule has 7 aromatic carbocycles. The molecule has 0 fully saturated rings. The molecular formula is C57H54N4. The van der Waals surface area contributed by atoms with Gasteiger partial charge in [-0.2, -0.15) is 0 Å². The summed E-state index contributed by atoms with van der Waals surface area (Å²) >= 11 is 0. The van der Waals surface area contributed by atoms with E-state index in [2.05, 4.69) is 194 Å². The first-order valence-corrected chi connectivity index (χ1v) is 21.5. The van der Waals surface area contributed by atoms with E-state index in [0.29, 0.717) is 17.5 Å². The molecule has 61 heavy (non-hydrogen) atoms. The monoisotopic (exact) mass is 794 g/mol. The zero-order valence-corrected chi connectivity index (χ0v) is 36.9. The third-order valence-electron chi connectivity index (χ3n) is 11.9. The van der Waals surface area contributed by atoms with Crippen molar-refractivity contribution in [3.8, 4) is 62.1 Å². The van der Waals surface area contributed by atoms with Gasteiger partial charge in [-0.05, 0) is 74.4 Å². The van der Waals surface area contributed by atoms with E-state index >= 15 is 0 Å². The van der Waals surface area contributed by atoms with Crippen LogP contribution in [0.25, 0.3) is 83.9 Å². The third-order valence-corrected chi connectivity index (χ3v) is 11.9. The summed E-state index contributed by atoms with van der Waals surface area (Å²) in [6, 6.07) is 58.7. The maximum Gasteiger partial charge on any atom is 0.164 e. The maximum atomic E-state index is 5.24. The van der Waals surface area contributed by atoms with Gasteiger partial charge in [0, 0.05) is 38.6 Å². The Kier molecular flexibility index (Phi) is 9.86. The molecule has 0 amide bonds. The summed E-state index contributed by atoms with van der Waals surface area (Å²) in [5.74, 6) is 1.89. The summed E-state index contributed by atoms with van der Waals surface area (Å²) < 4.78 is 2.58. The molecule has 2 aromatic heterocycles. The van der Waals surface area contributed by atoms with E-state index in [1.165, 1.54) is 38.5 Å². The minimum Gasteiger partial charge on any atom is -0.308 e. The zero-order valence-electron chi connectivity index (χ0n) is 36.9. The Labute approximate surface area is 361 Å². The van der Waals surface area contributed by atoms with Crippen LogP contribution in [0.15, 0.2) is 164 Å². The average Bonchev–Trinajstić information content (AvgIpc) is 3.59. The zero-order chi connectivity index (χ0) is 42.7. The topological polar surface area (TPSA) is 43.6 Å². The summed E-state index contributed by atoms with van der Waals surface area (Å²) in [7, 11) is 0. The van der Waals surface area contributed by atoms with Gasteiger partial charge in [-0.3, -0.25) is 0 Å². The quantitative estimate of drug-likeness (QED) is 0.168. The molecule has 0 atom stereocenters. The van der Waals surface area contributed by atoms with Gasteiger partial charge in [0.1, 0.15) is 0 Å². The van der Waals surface area contributed by atoms with Gasteiger partial charge in [0.2, 0.25) is 0 Å². The largest absolute Gasteiger partial charge is 0.308 e. The molecule has 4 nitrogen and oxygen atoms in total. The van der Waals surface area contributed by atoms with Gasteiger partial charge in [0.05, 0.1) is 16.7 Å². The van der Waals surface area contributed by atoms with Crippen molar-refractivity contribution in [3.05, 3.63) is 180 Å². The first kappa shape index (κ1) is 39.8. The molecule has 0 aliphatic heterocycles. The minimum atomic E-state index is -0.162. The van der Waals surface area contributed by atoms with Gasteiger partial charge in [-0.25, -0.2) is 15.0 Å². The summed E-state index contributed by atoms with van der Waals surface area (Å²) in [4.78, 5) is 15.5. The van der Waals surface area contributed by atoms with Crippen molar-refractivity contribution < 1.29 is 0 Å². The summed E-state index contributed by atoms with van der Waals surface area (Å²) in [5, 5.41) is 2.54. The van der Waals surface area contributed by atoms with Crippen LogP contribution in [0, 0.1) is 0 Å². The molecule has 0 unspecified atom stereocenters. The molecule has 4 heteroatoms. The van der Waals surface area contributed by atoms with Crippen molar-refractivity contribution in [2.75, 3.05) is 0 Å². The summed E-state index contributed by atoms with van der Waals surface area (Å²) in [6.45, 7) is 21.0. The second-order valence-electron chi connectivity index (χ2n) is 19.4. The lowest BCUT2D eigenvalue weighted by Crippen LogP contribution is -2.18. The molecule has 0 bridgehead atoms.